The maximum Gasteiger partial charge on any atom is 0.0389 e. The summed E-state index contributed by atoms with van der Waals surface area (Å²) in [7, 11) is 0. The molecule has 0 rings (SSSR count). The fourth-order valence-electron chi connectivity index (χ4n) is 0.419. The third kappa shape index (κ3) is 6.89. The summed E-state index contributed by atoms with van der Waals surface area (Å²) in [5.74, 6) is 0. The van der Waals surface area contributed by atoms with Crippen molar-refractivity contribution in [2.75, 3.05) is 8.86 Å². The summed E-state index contributed by atoms with van der Waals surface area (Å²) in [5.41, 5.74) is 6.58. The molecule has 54 valence electrons. The van der Waals surface area contributed by atoms with Crippen LogP contribution in [0.1, 0.15) is 12.8 Å². The second-order valence-electron chi connectivity index (χ2n) is 1.74. The quantitative estimate of drug-likeness (QED) is 0.470. The Hall–Kier alpha value is 1.00. The predicted molar refractivity (Wildman–Crippen MR) is 59.3 cm³/mol. The van der Waals surface area contributed by atoms with E-state index in [-0.39, 0.29) is 0 Å². The molecule has 0 aromatic rings. The van der Waals surface area contributed by atoms with Crippen molar-refractivity contribution in [1.29, 1.82) is 0 Å². The molecule has 0 aromatic heterocycles. The summed E-state index contributed by atoms with van der Waals surface area (Å²) < 4.78 is 2.18. The zero-order chi connectivity index (χ0) is 7.11. The van der Waals surface area contributed by atoms with Crippen molar-refractivity contribution in [1.82, 2.24) is 0 Å². The Balaban J connectivity index is 3.21. The van der Waals surface area contributed by atoms with E-state index in [1.54, 1.807) is 0 Å². The molecule has 0 aromatic carbocycles. The van der Waals surface area contributed by atoms with E-state index in [1.165, 1.54) is 10.8 Å². The van der Waals surface area contributed by atoms with E-state index in [2.05, 4.69) is 51.3 Å². The van der Waals surface area contributed by atoms with Crippen LogP contribution in [0.15, 0.2) is 11.8 Å². The van der Waals surface area contributed by atoms with Gasteiger partial charge < -0.3 is 5.73 Å². The van der Waals surface area contributed by atoms with Gasteiger partial charge in [-0.15, -0.1) is 0 Å². The minimum Gasteiger partial charge on any atom is -0.402 e. The van der Waals surface area contributed by atoms with E-state index in [0.29, 0.717) is 0 Å². The van der Waals surface area contributed by atoms with Crippen molar-refractivity contribution < 1.29 is 0 Å². The highest BCUT2D eigenvalue weighted by atomic mass is 127. The summed E-state index contributed by atoms with van der Waals surface area (Å²) >= 11 is 4.64. The van der Waals surface area contributed by atoms with Gasteiger partial charge in [0.05, 0.1) is 0 Å². The van der Waals surface area contributed by atoms with Crippen molar-refractivity contribution in [2.24, 2.45) is 5.73 Å². The molecule has 0 aliphatic rings. The van der Waals surface area contributed by atoms with Gasteiger partial charge in [-0.05, 0) is 17.3 Å². The first kappa shape index (κ1) is 10.0. The Morgan fingerprint density at radius 3 is 2.56 bits per heavy atom. The number of halogens is 2. The fourth-order valence-corrected chi connectivity index (χ4v) is 1.17. The Bertz CT molecular complexity index is 91.1. The van der Waals surface area contributed by atoms with Crippen LogP contribution >= 0.6 is 45.2 Å². The molecule has 0 spiro atoms. The van der Waals surface area contributed by atoms with Gasteiger partial charge in [0.15, 0.2) is 0 Å². The lowest BCUT2D eigenvalue weighted by molar-refractivity contribution is 0.973. The van der Waals surface area contributed by atoms with Gasteiger partial charge in [0.2, 0.25) is 0 Å². The van der Waals surface area contributed by atoms with E-state index in [9.17, 15) is 0 Å². The smallest absolute Gasteiger partial charge is 0.0389 e. The zero-order valence-electron chi connectivity index (χ0n) is 5.24. The first-order valence-electron chi connectivity index (χ1n) is 2.87. The van der Waals surface area contributed by atoms with Crippen LogP contribution in [0.2, 0.25) is 0 Å². The second kappa shape index (κ2) is 7.11. The summed E-state index contributed by atoms with van der Waals surface area (Å²) in [6.45, 7) is 0. The molecule has 0 atom stereocenters. The molecule has 0 fully saturated rings. The Morgan fingerprint density at radius 1 is 1.44 bits per heavy atom. The highest BCUT2D eigenvalue weighted by molar-refractivity contribution is 14.1. The summed E-state index contributed by atoms with van der Waals surface area (Å²) in [5, 5.41) is 0. The summed E-state index contributed by atoms with van der Waals surface area (Å²) in [6.07, 6.45) is 4.50. The van der Waals surface area contributed by atoms with Crippen molar-refractivity contribution in [3.05, 3.63) is 11.8 Å². The Labute approximate surface area is 83.7 Å². The molecular formula is C6H11I2N. The van der Waals surface area contributed by atoms with Gasteiger partial charge in [0, 0.05) is 10.1 Å². The SMILES string of the molecule is N/C(=C\CCCI)CI. The van der Waals surface area contributed by atoms with Gasteiger partial charge in [-0.2, -0.15) is 0 Å². The number of hydrogen-bond acceptors (Lipinski definition) is 1. The van der Waals surface area contributed by atoms with Gasteiger partial charge in [0.25, 0.3) is 0 Å². The second-order valence-corrected chi connectivity index (χ2v) is 3.59. The largest absolute Gasteiger partial charge is 0.402 e. The fraction of sp³-hybridized carbons (Fsp3) is 0.667. The van der Waals surface area contributed by atoms with Crippen molar-refractivity contribution in [3.63, 3.8) is 0 Å². The minimum atomic E-state index is 0.957. The van der Waals surface area contributed by atoms with Crippen LogP contribution < -0.4 is 5.73 Å². The van der Waals surface area contributed by atoms with Crippen LogP contribution in [0.4, 0.5) is 0 Å². The van der Waals surface area contributed by atoms with Crippen molar-refractivity contribution >= 4 is 45.2 Å². The monoisotopic (exact) mass is 351 g/mol. The lowest BCUT2D eigenvalue weighted by Gasteiger charge is -1.92. The molecule has 0 saturated carbocycles. The van der Waals surface area contributed by atoms with Crippen LogP contribution in [-0.2, 0) is 0 Å². The summed E-state index contributed by atoms with van der Waals surface area (Å²) in [4.78, 5) is 0. The molecule has 3 heteroatoms. The highest BCUT2D eigenvalue weighted by Crippen LogP contribution is 1.99. The number of alkyl halides is 2. The lowest BCUT2D eigenvalue weighted by Crippen LogP contribution is -1.96. The molecule has 0 heterocycles. The molecule has 9 heavy (non-hydrogen) atoms. The summed E-state index contributed by atoms with van der Waals surface area (Å²) in [6, 6.07) is 0. The first-order chi connectivity index (χ1) is 4.31. The molecular weight excluding hydrogens is 340 g/mol. The number of rotatable bonds is 4. The van der Waals surface area contributed by atoms with Crippen LogP contribution in [0, 0.1) is 0 Å². The molecule has 2 N–H and O–H groups in total. The van der Waals surface area contributed by atoms with E-state index in [0.717, 1.165) is 16.5 Å². The molecule has 0 radical (unpaired) electrons. The number of allylic oxidation sites excluding steroid dienone is 2. The maximum absolute atomic E-state index is 5.56. The van der Waals surface area contributed by atoms with Crippen molar-refractivity contribution in [2.45, 2.75) is 12.8 Å². The molecule has 1 nitrogen and oxygen atoms in total. The van der Waals surface area contributed by atoms with Crippen molar-refractivity contribution in [3.8, 4) is 0 Å². The zero-order valence-corrected chi connectivity index (χ0v) is 9.55. The first-order valence-corrected chi connectivity index (χ1v) is 5.92. The standard InChI is InChI=1S/C6H11I2N/c7-4-2-1-3-6(9)5-8/h3H,1-2,4-5,9H2/b6-3-. The van der Waals surface area contributed by atoms with Crippen LogP contribution in [-0.4, -0.2) is 8.86 Å². The number of unbranched alkanes of at least 4 members (excludes halogenated alkanes) is 1. The normalized spacial score (nSPS) is 12.0. The maximum atomic E-state index is 5.56. The van der Waals surface area contributed by atoms with Crippen LogP contribution in [0.5, 0.6) is 0 Å². The topological polar surface area (TPSA) is 26.0 Å². The van der Waals surface area contributed by atoms with Gasteiger partial charge in [-0.1, -0.05) is 51.3 Å². The predicted octanol–water partition coefficient (Wildman–Crippen LogP) is 2.48. The molecule has 0 amide bonds. The van der Waals surface area contributed by atoms with Gasteiger partial charge >= 0.3 is 0 Å². The Kier molecular flexibility index (Phi) is 7.90. The van der Waals surface area contributed by atoms with Gasteiger partial charge in [-0.3, -0.25) is 0 Å². The van der Waals surface area contributed by atoms with Gasteiger partial charge in [0.1, 0.15) is 0 Å². The van der Waals surface area contributed by atoms with Crippen LogP contribution in [0.3, 0.4) is 0 Å². The average Bonchev–Trinajstić information content (AvgIpc) is 1.89. The number of nitrogens with two attached hydrogens (primary N) is 1. The van der Waals surface area contributed by atoms with E-state index in [4.69, 9.17) is 5.73 Å². The van der Waals surface area contributed by atoms with E-state index >= 15 is 0 Å². The Morgan fingerprint density at radius 2 is 2.11 bits per heavy atom. The third-order valence-corrected chi connectivity index (χ3v) is 2.54. The highest BCUT2D eigenvalue weighted by Gasteiger charge is 1.84. The molecule has 0 unspecified atom stereocenters. The molecule has 0 aliphatic carbocycles. The lowest BCUT2D eigenvalue weighted by atomic mass is 10.3. The molecule has 0 bridgehead atoms. The van der Waals surface area contributed by atoms with E-state index < -0.39 is 0 Å². The minimum absolute atomic E-state index is 0.957. The van der Waals surface area contributed by atoms with Gasteiger partial charge in [-0.25, -0.2) is 0 Å². The van der Waals surface area contributed by atoms with Crippen LogP contribution in [0.25, 0.3) is 0 Å². The number of hydrogen-bond donors (Lipinski definition) is 1. The third-order valence-electron chi connectivity index (χ3n) is 0.899. The molecule has 0 saturated heterocycles. The average molecular weight is 351 g/mol. The van der Waals surface area contributed by atoms with E-state index in [1.807, 2.05) is 0 Å². The molecule has 0 aliphatic heterocycles.